The number of aliphatic hydroxyl groups excluding tert-OH is 4. The minimum Gasteiger partial charge on any atom is -0.507 e. The zero-order valence-corrected chi connectivity index (χ0v) is 18.2. The van der Waals surface area contributed by atoms with Crippen molar-refractivity contribution in [1.29, 1.82) is 0 Å². The van der Waals surface area contributed by atoms with Gasteiger partial charge in [0.15, 0.2) is 23.0 Å². The van der Waals surface area contributed by atoms with Gasteiger partial charge in [-0.15, -0.1) is 0 Å². The molecule has 2 aromatic rings. The maximum Gasteiger partial charge on any atom is 0.229 e. The van der Waals surface area contributed by atoms with E-state index in [0.717, 1.165) is 12.8 Å². The van der Waals surface area contributed by atoms with Crippen molar-refractivity contribution in [2.75, 3.05) is 6.61 Å². The van der Waals surface area contributed by atoms with Crippen LogP contribution in [0.4, 0.5) is 0 Å². The number of ether oxygens (including phenoxy) is 2. The summed E-state index contributed by atoms with van der Waals surface area (Å²) in [6.07, 6.45) is -2.01. The molecular formula is C24H28O10. The van der Waals surface area contributed by atoms with Crippen LogP contribution in [0.3, 0.4) is 0 Å². The van der Waals surface area contributed by atoms with Crippen LogP contribution in [-0.2, 0) is 17.6 Å². The second-order valence-electron chi connectivity index (χ2n) is 8.50. The molecule has 0 bridgehead atoms. The lowest BCUT2D eigenvalue weighted by molar-refractivity contribution is -0.277. The van der Waals surface area contributed by atoms with E-state index in [1.54, 1.807) is 0 Å². The molecule has 0 saturated carbocycles. The van der Waals surface area contributed by atoms with Crippen LogP contribution in [0.15, 0.2) is 18.2 Å². The predicted molar refractivity (Wildman–Crippen MR) is 120 cm³/mol. The summed E-state index contributed by atoms with van der Waals surface area (Å²) in [5.74, 6) is -1.20. The largest absolute Gasteiger partial charge is 0.507 e. The van der Waals surface area contributed by atoms with Crippen LogP contribution in [0.2, 0.25) is 0 Å². The van der Waals surface area contributed by atoms with E-state index in [9.17, 15) is 40.9 Å². The first kappa shape index (κ1) is 24.1. The Morgan fingerprint density at radius 1 is 0.853 bits per heavy atom. The van der Waals surface area contributed by atoms with Crippen molar-refractivity contribution in [2.24, 2.45) is 0 Å². The molecule has 0 spiro atoms. The first-order chi connectivity index (χ1) is 16.2. The molecule has 4 rings (SSSR count). The summed E-state index contributed by atoms with van der Waals surface area (Å²) in [5.41, 5.74) is 1.63. The molecule has 34 heavy (non-hydrogen) atoms. The first-order valence-electron chi connectivity index (χ1n) is 11.0. The van der Waals surface area contributed by atoms with Gasteiger partial charge in [-0.3, -0.25) is 0 Å². The maximum atomic E-state index is 11.0. The molecule has 5 atom stereocenters. The smallest absolute Gasteiger partial charge is 0.229 e. The van der Waals surface area contributed by atoms with E-state index in [-0.39, 0.29) is 28.6 Å². The highest BCUT2D eigenvalue weighted by atomic mass is 16.7. The van der Waals surface area contributed by atoms with Crippen molar-refractivity contribution < 1.29 is 50.3 Å². The molecule has 8 N–H and O–H groups in total. The molecule has 1 heterocycles. The van der Waals surface area contributed by atoms with Crippen molar-refractivity contribution in [2.45, 2.75) is 56.4 Å². The third kappa shape index (κ3) is 4.38. The average molecular weight is 476 g/mol. The molecule has 0 amide bonds. The molecule has 5 unspecified atom stereocenters. The summed E-state index contributed by atoms with van der Waals surface area (Å²) in [5, 5.41) is 81.0. The second kappa shape index (κ2) is 9.69. The van der Waals surface area contributed by atoms with Crippen LogP contribution >= 0.6 is 0 Å². The quantitative estimate of drug-likeness (QED) is 0.226. The van der Waals surface area contributed by atoms with Crippen LogP contribution < -0.4 is 4.74 Å². The molecule has 184 valence electrons. The number of benzene rings is 2. The zero-order valence-electron chi connectivity index (χ0n) is 18.2. The number of phenolic OH excluding ortho intramolecular Hbond substituents is 4. The van der Waals surface area contributed by atoms with E-state index < -0.39 is 43.1 Å². The van der Waals surface area contributed by atoms with Crippen LogP contribution in [-0.4, -0.2) is 78.2 Å². The first-order valence-corrected chi connectivity index (χ1v) is 11.0. The number of hydrogen-bond donors (Lipinski definition) is 8. The molecule has 1 aliphatic carbocycles. The van der Waals surface area contributed by atoms with Gasteiger partial charge in [0.05, 0.1) is 12.2 Å². The Hall–Kier alpha value is -3.02. The second-order valence-corrected chi connectivity index (χ2v) is 8.50. The Bertz CT molecular complexity index is 1080. The van der Waals surface area contributed by atoms with E-state index >= 15 is 0 Å². The Kier molecular flexibility index (Phi) is 6.87. The topological polar surface area (TPSA) is 180 Å². The summed E-state index contributed by atoms with van der Waals surface area (Å²) in [6.45, 7) is -0.627. The third-order valence-corrected chi connectivity index (χ3v) is 6.28. The Labute approximate surface area is 195 Å². The van der Waals surface area contributed by atoms with E-state index in [1.807, 2.05) is 0 Å². The van der Waals surface area contributed by atoms with Crippen molar-refractivity contribution in [3.8, 4) is 28.7 Å². The van der Waals surface area contributed by atoms with Gasteiger partial charge in [-0.25, -0.2) is 0 Å². The minimum atomic E-state index is -1.66. The standard InChI is InChI=1S/C24H28O10/c25-10-17-20(30)21(31)22(32)24(33-17)34-23-13-4-2-1-3-12(13)18(28)14(19(23)29)7-5-11-6-8-15(26)16(27)9-11/h5-9,17,20-22,24-32H,1-4,10H2. The van der Waals surface area contributed by atoms with Crippen LogP contribution in [0.5, 0.6) is 28.7 Å². The van der Waals surface area contributed by atoms with Gasteiger partial charge in [0.2, 0.25) is 6.29 Å². The molecule has 1 fully saturated rings. The molecule has 1 saturated heterocycles. The van der Waals surface area contributed by atoms with Crippen molar-refractivity contribution >= 4 is 12.2 Å². The Balaban J connectivity index is 1.74. The fourth-order valence-electron chi connectivity index (χ4n) is 4.35. The molecule has 2 aromatic carbocycles. The molecule has 10 heteroatoms. The summed E-state index contributed by atoms with van der Waals surface area (Å²) in [6, 6.07) is 4.14. The van der Waals surface area contributed by atoms with E-state index in [4.69, 9.17) is 9.47 Å². The number of fused-ring (bicyclic) bond motifs is 1. The molecule has 2 aliphatic rings. The number of hydrogen-bond acceptors (Lipinski definition) is 10. The fraction of sp³-hybridized carbons (Fsp3) is 0.417. The maximum absolute atomic E-state index is 11.0. The van der Waals surface area contributed by atoms with Crippen LogP contribution in [0.25, 0.3) is 12.2 Å². The Morgan fingerprint density at radius 2 is 1.56 bits per heavy atom. The highest BCUT2D eigenvalue weighted by Crippen LogP contribution is 2.47. The van der Waals surface area contributed by atoms with Crippen molar-refractivity contribution in [1.82, 2.24) is 0 Å². The summed E-state index contributed by atoms with van der Waals surface area (Å²) >= 11 is 0. The van der Waals surface area contributed by atoms with Gasteiger partial charge >= 0.3 is 0 Å². The highest BCUT2D eigenvalue weighted by molar-refractivity contribution is 5.80. The highest BCUT2D eigenvalue weighted by Gasteiger charge is 2.45. The average Bonchev–Trinajstić information content (AvgIpc) is 2.83. The zero-order chi connectivity index (χ0) is 24.6. The molecule has 0 radical (unpaired) electrons. The lowest BCUT2D eigenvalue weighted by Gasteiger charge is -2.40. The lowest BCUT2D eigenvalue weighted by Crippen LogP contribution is -2.60. The SMILES string of the molecule is OCC1OC(Oc2c(O)c(C=Cc3ccc(O)c(O)c3)c(O)c3c2CCCC3)C(O)C(O)C1O. The molecule has 1 aliphatic heterocycles. The normalized spacial score (nSPS) is 27.0. The van der Waals surface area contributed by atoms with E-state index in [0.29, 0.717) is 29.5 Å². The molecular weight excluding hydrogens is 448 g/mol. The van der Waals surface area contributed by atoms with Crippen LogP contribution in [0.1, 0.15) is 35.1 Å². The van der Waals surface area contributed by atoms with Crippen LogP contribution in [0, 0.1) is 0 Å². The number of phenols is 4. The summed E-state index contributed by atoms with van der Waals surface area (Å²) in [4.78, 5) is 0. The minimum absolute atomic E-state index is 0.0350. The van der Waals surface area contributed by atoms with Gasteiger partial charge in [-0.1, -0.05) is 12.1 Å². The van der Waals surface area contributed by atoms with Gasteiger partial charge in [-0.05, 0) is 49.5 Å². The predicted octanol–water partition coefficient (Wildman–Crippen LogP) is 0.737. The van der Waals surface area contributed by atoms with Gasteiger partial charge in [0, 0.05) is 11.1 Å². The lowest BCUT2D eigenvalue weighted by atomic mass is 9.87. The van der Waals surface area contributed by atoms with E-state index in [2.05, 4.69) is 0 Å². The van der Waals surface area contributed by atoms with Gasteiger partial charge in [-0.2, -0.15) is 0 Å². The molecule has 0 aromatic heterocycles. The van der Waals surface area contributed by atoms with Crippen molar-refractivity contribution in [3.05, 3.63) is 40.5 Å². The molecule has 10 nitrogen and oxygen atoms in total. The number of rotatable bonds is 5. The third-order valence-electron chi connectivity index (χ3n) is 6.28. The van der Waals surface area contributed by atoms with Crippen molar-refractivity contribution in [3.63, 3.8) is 0 Å². The van der Waals surface area contributed by atoms with Gasteiger partial charge in [0.25, 0.3) is 0 Å². The number of aliphatic hydroxyl groups is 4. The Morgan fingerprint density at radius 3 is 2.24 bits per heavy atom. The fourth-order valence-corrected chi connectivity index (χ4v) is 4.35. The van der Waals surface area contributed by atoms with Gasteiger partial charge < -0.3 is 50.3 Å². The monoisotopic (exact) mass is 476 g/mol. The summed E-state index contributed by atoms with van der Waals surface area (Å²) in [7, 11) is 0. The number of aromatic hydroxyl groups is 4. The van der Waals surface area contributed by atoms with E-state index in [1.165, 1.54) is 30.4 Å². The summed E-state index contributed by atoms with van der Waals surface area (Å²) < 4.78 is 11.2. The van der Waals surface area contributed by atoms with Gasteiger partial charge in [0.1, 0.15) is 30.2 Å².